The third kappa shape index (κ3) is 5.43. The summed E-state index contributed by atoms with van der Waals surface area (Å²) in [6.07, 6.45) is 9.38. The number of hydrogen-bond acceptors (Lipinski definition) is 5. The zero-order chi connectivity index (χ0) is 29.0. The van der Waals surface area contributed by atoms with E-state index < -0.39 is 5.60 Å². The second-order valence-corrected chi connectivity index (χ2v) is 15.8. The minimum absolute atomic E-state index is 0.0694. The van der Waals surface area contributed by atoms with Gasteiger partial charge in [0.15, 0.2) is 0 Å². The van der Waals surface area contributed by atoms with Crippen LogP contribution in [0.15, 0.2) is 0 Å². The highest BCUT2D eigenvalue weighted by Gasteiger charge is 2.63. The van der Waals surface area contributed by atoms with Gasteiger partial charge in [-0.15, -0.1) is 0 Å². The molecular weight excluding hydrogens is 504 g/mol. The lowest BCUT2D eigenvalue weighted by atomic mass is 9.43. The van der Waals surface area contributed by atoms with Crippen molar-refractivity contribution in [2.45, 2.75) is 124 Å². The number of rotatable bonds is 4. The normalized spacial score (nSPS) is 42.5. The standard InChI is InChI=1S/C33H56N2O5/c1-21(7-12-29(38)34-15-17-35(18-16-34)30(39)40-31(2,3)4)25-10-11-26-24-9-8-22-19-23(36)13-14-32(22,5)27(24)20-28(37)33(25,26)6/h21-28,36-37H,7-20H2,1-6H3/t21?,22-,23-,24+,25-,26+,27+,28+,32+,33-/m1/s1. The van der Waals surface area contributed by atoms with Crippen molar-refractivity contribution in [3.8, 4) is 0 Å². The van der Waals surface area contributed by atoms with Crippen molar-refractivity contribution in [1.82, 2.24) is 9.80 Å². The summed E-state index contributed by atoms with van der Waals surface area (Å²) in [5, 5.41) is 22.2. The summed E-state index contributed by atoms with van der Waals surface area (Å²) in [6, 6.07) is 0. The number of ether oxygens (including phenoxy) is 1. The fourth-order valence-corrected chi connectivity index (χ4v) is 10.3. The molecule has 0 radical (unpaired) electrons. The molecule has 5 fully saturated rings. The average Bonchev–Trinajstić information content (AvgIpc) is 3.26. The molecule has 0 aromatic rings. The number of carbonyl (C=O) groups excluding carboxylic acids is 2. The van der Waals surface area contributed by atoms with Crippen molar-refractivity contribution < 1.29 is 24.5 Å². The predicted octanol–water partition coefficient (Wildman–Crippen LogP) is 5.47. The molecular formula is C33H56N2O5. The molecule has 0 spiro atoms. The molecule has 1 unspecified atom stereocenters. The number of nitrogens with zero attached hydrogens (tertiary/aromatic N) is 2. The summed E-state index contributed by atoms with van der Waals surface area (Å²) < 4.78 is 5.49. The Morgan fingerprint density at radius 1 is 0.925 bits per heavy atom. The summed E-state index contributed by atoms with van der Waals surface area (Å²) in [4.78, 5) is 29.2. The van der Waals surface area contributed by atoms with Crippen molar-refractivity contribution in [3.05, 3.63) is 0 Å². The lowest BCUT2D eigenvalue weighted by Gasteiger charge is -2.62. The van der Waals surface area contributed by atoms with Crippen LogP contribution in [-0.4, -0.2) is 76.0 Å². The molecule has 7 heteroatoms. The molecule has 0 bridgehead atoms. The molecule has 1 aliphatic heterocycles. The Labute approximate surface area is 242 Å². The Morgan fingerprint density at radius 3 is 2.27 bits per heavy atom. The molecule has 0 aromatic carbocycles. The second kappa shape index (κ2) is 11.1. The van der Waals surface area contributed by atoms with E-state index in [0.717, 1.165) is 38.5 Å². The molecule has 5 rings (SSSR count). The van der Waals surface area contributed by atoms with Gasteiger partial charge in [0.1, 0.15) is 5.60 Å². The Hall–Kier alpha value is -1.34. The summed E-state index contributed by atoms with van der Waals surface area (Å²) in [7, 11) is 0. The summed E-state index contributed by atoms with van der Waals surface area (Å²) in [5.41, 5.74) is -0.326. The Kier molecular flexibility index (Phi) is 8.33. The van der Waals surface area contributed by atoms with E-state index in [4.69, 9.17) is 4.74 Å². The van der Waals surface area contributed by atoms with E-state index in [0.29, 0.717) is 68.1 Å². The van der Waals surface area contributed by atoms with Crippen molar-refractivity contribution in [3.63, 3.8) is 0 Å². The maximum absolute atomic E-state index is 13.2. The van der Waals surface area contributed by atoms with Crippen LogP contribution in [-0.2, 0) is 9.53 Å². The first kappa shape index (κ1) is 30.1. The molecule has 7 nitrogen and oxygen atoms in total. The Morgan fingerprint density at radius 2 is 1.60 bits per heavy atom. The minimum atomic E-state index is -0.514. The number of carbonyl (C=O) groups is 2. The highest BCUT2D eigenvalue weighted by molar-refractivity contribution is 5.76. The van der Waals surface area contributed by atoms with Crippen LogP contribution in [0.4, 0.5) is 4.79 Å². The molecule has 4 aliphatic carbocycles. The second-order valence-electron chi connectivity index (χ2n) is 15.8. The molecule has 1 saturated heterocycles. The van der Waals surface area contributed by atoms with Crippen LogP contribution in [0.5, 0.6) is 0 Å². The van der Waals surface area contributed by atoms with E-state index in [-0.39, 0.29) is 35.0 Å². The maximum atomic E-state index is 13.2. The quantitative estimate of drug-likeness (QED) is 0.476. The topological polar surface area (TPSA) is 90.3 Å². The third-order valence-corrected chi connectivity index (χ3v) is 12.6. The number of amides is 2. The van der Waals surface area contributed by atoms with E-state index in [9.17, 15) is 19.8 Å². The molecule has 10 atom stereocenters. The molecule has 2 N–H and O–H groups in total. The smallest absolute Gasteiger partial charge is 0.410 e. The van der Waals surface area contributed by atoms with Gasteiger partial charge in [0.25, 0.3) is 0 Å². The van der Waals surface area contributed by atoms with Crippen molar-refractivity contribution in [2.75, 3.05) is 26.2 Å². The van der Waals surface area contributed by atoms with Crippen LogP contribution >= 0.6 is 0 Å². The molecule has 4 saturated carbocycles. The number of fused-ring (bicyclic) bond motifs is 5. The van der Waals surface area contributed by atoms with Crippen LogP contribution in [0.2, 0.25) is 0 Å². The van der Waals surface area contributed by atoms with E-state index in [1.54, 1.807) is 4.90 Å². The highest BCUT2D eigenvalue weighted by Crippen LogP contribution is 2.68. The van der Waals surface area contributed by atoms with Gasteiger partial charge in [-0.2, -0.15) is 0 Å². The van der Waals surface area contributed by atoms with Crippen molar-refractivity contribution in [2.24, 2.45) is 46.3 Å². The fourth-order valence-electron chi connectivity index (χ4n) is 10.3. The molecule has 2 amide bonds. The van der Waals surface area contributed by atoms with Crippen molar-refractivity contribution in [1.29, 1.82) is 0 Å². The zero-order valence-electron chi connectivity index (χ0n) is 26.0. The molecule has 1 heterocycles. The monoisotopic (exact) mass is 560 g/mol. The van der Waals surface area contributed by atoms with E-state index in [1.807, 2.05) is 25.7 Å². The number of hydrogen-bond donors (Lipinski definition) is 2. The first-order valence-corrected chi connectivity index (χ1v) is 16.4. The lowest BCUT2D eigenvalue weighted by Crippen LogP contribution is -2.58. The highest BCUT2D eigenvalue weighted by atomic mass is 16.6. The number of piperazine rings is 1. The van der Waals surface area contributed by atoms with Crippen LogP contribution in [0, 0.1) is 46.3 Å². The summed E-state index contributed by atoms with van der Waals surface area (Å²) in [6.45, 7) is 14.9. The van der Waals surface area contributed by atoms with E-state index in [1.165, 1.54) is 19.3 Å². The van der Waals surface area contributed by atoms with Gasteiger partial charge in [0, 0.05) is 32.6 Å². The first-order chi connectivity index (χ1) is 18.7. The van der Waals surface area contributed by atoms with Gasteiger partial charge in [0.2, 0.25) is 5.91 Å². The Bertz CT molecular complexity index is 942. The van der Waals surface area contributed by atoms with Crippen LogP contribution in [0.3, 0.4) is 0 Å². The van der Waals surface area contributed by atoms with Crippen LogP contribution < -0.4 is 0 Å². The number of aliphatic hydroxyl groups excluding tert-OH is 2. The first-order valence-electron chi connectivity index (χ1n) is 16.4. The molecule has 40 heavy (non-hydrogen) atoms. The fraction of sp³-hybridized carbons (Fsp3) is 0.939. The molecule has 0 aromatic heterocycles. The van der Waals surface area contributed by atoms with Gasteiger partial charge < -0.3 is 24.7 Å². The SMILES string of the molecule is CC(CCC(=O)N1CCN(C(=O)OC(C)(C)C)CC1)[C@H]1CC[C@H]2[C@@H]3CC[C@@H]4C[C@H](O)CC[C@]4(C)[C@H]3C[C@H](O)[C@]12C. The van der Waals surface area contributed by atoms with Gasteiger partial charge >= 0.3 is 6.09 Å². The summed E-state index contributed by atoms with van der Waals surface area (Å²) in [5.74, 6) is 3.45. The van der Waals surface area contributed by atoms with Gasteiger partial charge in [-0.1, -0.05) is 20.8 Å². The van der Waals surface area contributed by atoms with E-state index in [2.05, 4.69) is 20.8 Å². The molecule has 5 aliphatic rings. The summed E-state index contributed by atoms with van der Waals surface area (Å²) >= 11 is 0. The van der Waals surface area contributed by atoms with Gasteiger partial charge in [-0.3, -0.25) is 4.79 Å². The number of aliphatic hydroxyl groups is 2. The average molecular weight is 561 g/mol. The minimum Gasteiger partial charge on any atom is -0.444 e. The van der Waals surface area contributed by atoms with Gasteiger partial charge in [-0.05, 0) is 125 Å². The largest absolute Gasteiger partial charge is 0.444 e. The van der Waals surface area contributed by atoms with E-state index >= 15 is 0 Å². The van der Waals surface area contributed by atoms with Gasteiger partial charge in [-0.25, -0.2) is 4.79 Å². The third-order valence-electron chi connectivity index (χ3n) is 12.6. The van der Waals surface area contributed by atoms with Crippen LogP contribution in [0.1, 0.15) is 106 Å². The Balaban J connectivity index is 1.16. The van der Waals surface area contributed by atoms with Crippen molar-refractivity contribution >= 4 is 12.0 Å². The maximum Gasteiger partial charge on any atom is 0.410 e. The van der Waals surface area contributed by atoms with Crippen LogP contribution in [0.25, 0.3) is 0 Å². The lowest BCUT2D eigenvalue weighted by molar-refractivity contribution is -0.175. The van der Waals surface area contributed by atoms with Gasteiger partial charge in [0.05, 0.1) is 12.2 Å². The zero-order valence-corrected chi connectivity index (χ0v) is 26.0. The molecule has 228 valence electrons. The predicted molar refractivity (Wildman–Crippen MR) is 155 cm³/mol.